The predicted octanol–water partition coefficient (Wildman–Crippen LogP) is 2.65. The van der Waals surface area contributed by atoms with Crippen LogP contribution >= 0.6 is 0 Å². The number of nitrogens with one attached hydrogen (secondary N) is 1. The highest BCUT2D eigenvalue weighted by atomic mass is 19.1. The number of ether oxygens (including phenoxy) is 1. The Balaban J connectivity index is 2.34. The molecule has 0 aromatic heterocycles. The summed E-state index contributed by atoms with van der Waals surface area (Å²) < 4.78 is 18.3. The molecule has 0 spiro atoms. The third-order valence-electron chi connectivity index (χ3n) is 2.50. The van der Waals surface area contributed by atoms with Crippen molar-refractivity contribution in [1.29, 1.82) is 0 Å². The standard InChI is InChI=1S/C11H20FNO2/c1-7-5-8(6-9(7)12)13-10(14)15-11(2,3)4/h7-9H,5-6H2,1-4H3,(H,13,14). The van der Waals surface area contributed by atoms with E-state index in [2.05, 4.69) is 5.32 Å². The van der Waals surface area contributed by atoms with Crippen LogP contribution in [0, 0.1) is 5.92 Å². The lowest BCUT2D eigenvalue weighted by Gasteiger charge is -2.21. The largest absolute Gasteiger partial charge is 0.444 e. The number of alkyl carbamates (subject to hydrolysis) is 1. The van der Waals surface area contributed by atoms with Gasteiger partial charge in [-0.1, -0.05) is 6.92 Å². The van der Waals surface area contributed by atoms with Crippen LogP contribution in [0.1, 0.15) is 40.5 Å². The maximum Gasteiger partial charge on any atom is 0.407 e. The van der Waals surface area contributed by atoms with E-state index >= 15 is 0 Å². The normalized spacial score (nSPS) is 31.4. The van der Waals surface area contributed by atoms with Crippen molar-refractivity contribution in [2.75, 3.05) is 0 Å². The van der Waals surface area contributed by atoms with E-state index in [-0.39, 0.29) is 12.0 Å². The Labute approximate surface area is 90.4 Å². The molecule has 3 atom stereocenters. The quantitative estimate of drug-likeness (QED) is 0.733. The van der Waals surface area contributed by atoms with Crippen LogP contribution < -0.4 is 5.32 Å². The Morgan fingerprint density at radius 1 is 1.40 bits per heavy atom. The number of hydrogen-bond acceptors (Lipinski definition) is 2. The van der Waals surface area contributed by atoms with Crippen LogP contribution in [0.4, 0.5) is 9.18 Å². The fourth-order valence-corrected chi connectivity index (χ4v) is 1.79. The fraction of sp³-hybridized carbons (Fsp3) is 0.909. The monoisotopic (exact) mass is 217 g/mol. The van der Waals surface area contributed by atoms with Gasteiger partial charge < -0.3 is 10.1 Å². The molecule has 1 aliphatic rings. The average molecular weight is 217 g/mol. The van der Waals surface area contributed by atoms with Gasteiger partial charge in [-0.25, -0.2) is 9.18 Å². The van der Waals surface area contributed by atoms with Gasteiger partial charge in [0.05, 0.1) is 0 Å². The van der Waals surface area contributed by atoms with Crippen molar-refractivity contribution in [2.24, 2.45) is 5.92 Å². The molecule has 88 valence electrons. The van der Waals surface area contributed by atoms with Crippen molar-refractivity contribution in [2.45, 2.75) is 58.4 Å². The number of rotatable bonds is 1. The number of carbonyl (C=O) groups is 1. The van der Waals surface area contributed by atoms with Crippen molar-refractivity contribution in [3.8, 4) is 0 Å². The van der Waals surface area contributed by atoms with E-state index in [1.165, 1.54) is 0 Å². The SMILES string of the molecule is CC1CC(NC(=O)OC(C)(C)C)CC1F. The maximum atomic E-state index is 13.2. The molecule has 0 saturated heterocycles. The second-order valence-corrected chi connectivity index (χ2v) is 5.31. The van der Waals surface area contributed by atoms with Gasteiger partial charge in [0.25, 0.3) is 0 Å². The molecule has 3 nitrogen and oxygen atoms in total. The van der Waals surface area contributed by atoms with Crippen molar-refractivity contribution >= 4 is 6.09 Å². The fourth-order valence-electron chi connectivity index (χ4n) is 1.79. The van der Waals surface area contributed by atoms with Crippen LogP contribution in [0.5, 0.6) is 0 Å². The molecule has 1 saturated carbocycles. The summed E-state index contributed by atoms with van der Waals surface area (Å²) in [4.78, 5) is 11.4. The minimum Gasteiger partial charge on any atom is -0.444 e. The van der Waals surface area contributed by atoms with E-state index in [0.717, 1.165) is 0 Å². The van der Waals surface area contributed by atoms with Gasteiger partial charge in [0.2, 0.25) is 0 Å². The van der Waals surface area contributed by atoms with Gasteiger partial charge in [-0.05, 0) is 39.5 Å². The minimum absolute atomic E-state index is 0.0323. The molecule has 1 amide bonds. The van der Waals surface area contributed by atoms with Gasteiger partial charge in [-0.2, -0.15) is 0 Å². The van der Waals surface area contributed by atoms with Crippen LogP contribution in [0.3, 0.4) is 0 Å². The molecule has 1 aliphatic carbocycles. The first kappa shape index (κ1) is 12.3. The van der Waals surface area contributed by atoms with Gasteiger partial charge in [0, 0.05) is 6.04 Å². The lowest BCUT2D eigenvalue weighted by Crippen LogP contribution is -2.38. The van der Waals surface area contributed by atoms with Crippen LogP contribution in [0.2, 0.25) is 0 Å². The highest BCUT2D eigenvalue weighted by Crippen LogP contribution is 2.28. The number of hydrogen-bond donors (Lipinski definition) is 1. The van der Waals surface area contributed by atoms with Gasteiger partial charge >= 0.3 is 6.09 Å². The summed E-state index contributed by atoms with van der Waals surface area (Å²) in [7, 11) is 0. The molecule has 1 fully saturated rings. The Morgan fingerprint density at radius 3 is 2.40 bits per heavy atom. The van der Waals surface area contributed by atoms with E-state index in [1.807, 2.05) is 27.7 Å². The molecule has 0 aromatic rings. The molecule has 1 rings (SSSR count). The van der Waals surface area contributed by atoms with Crippen molar-refractivity contribution in [3.63, 3.8) is 0 Å². The van der Waals surface area contributed by atoms with Crippen LogP contribution in [0.15, 0.2) is 0 Å². The van der Waals surface area contributed by atoms with Crippen LogP contribution in [-0.4, -0.2) is 23.9 Å². The summed E-state index contributed by atoms with van der Waals surface area (Å²) in [5.74, 6) is 0.0323. The summed E-state index contributed by atoms with van der Waals surface area (Å²) in [5, 5.41) is 2.70. The van der Waals surface area contributed by atoms with Crippen LogP contribution in [0.25, 0.3) is 0 Å². The lowest BCUT2D eigenvalue weighted by atomic mass is 10.1. The van der Waals surface area contributed by atoms with Gasteiger partial charge in [-0.3, -0.25) is 0 Å². The Hall–Kier alpha value is -0.800. The van der Waals surface area contributed by atoms with Crippen LogP contribution in [-0.2, 0) is 4.74 Å². The zero-order chi connectivity index (χ0) is 11.6. The minimum atomic E-state index is -0.801. The zero-order valence-corrected chi connectivity index (χ0v) is 9.84. The van der Waals surface area contributed by atoms with E-state index in [4.69, 9.17) is 4.74 Å². The van der Waals surface area contributed by atoms with E-state index in [0.29, 0.717) is 12.8 Å². The molecule has 0 heterocycles. The molecular formula is C11H20FNO2. The van der Waals surface area contributed by atoms with Gasteiger partial charge in [0.15, 0.2) is 0 Å². The maximum absolute atomic E-state index is 13.2. The zero-order valence-electron chi connectivity index (χ0n) is 9.84. The van der Waals surface area contributed by atoms with Crippen molar-refractivity contribution in [3.05, 3.63) is 0 Å². The van der Waals surface area contributed by atoms with Gasteiger partial charge in [-0.15, -0.1) is 0 Å². The molecule has 4 heteroatoms. The topological polar surface area (TPSA) is 38.3 Å². The second-order valence-electron chi connectivity index (χ2n) is 5.31. The number of amides is 1. The first-order valence-electron chi connectivity index (χ1n) is 5.41. The third kappa shape index (κ3) is 4.06. The summed E-state index contributed by atoms with van der Waals surface area (Å²) in [6.45, 7) is 7.28. The highest BCUT2D eigenvalue weighted by Gasteiger charge is 2.32. The van der Waals surface area contributed by atoms with Gasteiger partial charge in [0.1, 0.15) is 11.8 Å². The molecule has 15 heavy (non-hydrogen) atoms. The number of carbonyl (C=O) groups excluding carboxylic acids is 1. The predicted molar refractivity (Wildman–Crippen MR) is 56.5 cm³/mol. The molecule has 0 aromatic carbocycles. The number of halogens is 1. The Morgan fingerprint density at radius 2 is 2.00 bits per heavy atom. The lowest BCUT2D eigenvalue weighted by molar-refractivity contribution is 0.0504. The Bertz CT molecular complexity index is 227. The third-order valence-corrected chi connectivity index (χ3v) is 2.50. The van der Waals surface area contributed by atoms with E-state index in [1.54, 1.807) is 0 Å². The summed E-state index contributed by atoms with van der Waals surface area (Å²) in [6, 6.07) is -0.0788. The molecule has 3 unspecified atom stereocenters. The average Bonchev–Trinajstić information content (AvgIpc) is 2.26. The number of alkyl halides is 1. The summed E-state index contributed by atoms with van der Waals surface area (Å²) in [6.07, 6.45) is -0.153. The van der Waals surface area contributed by atoms with Crippen molar-refractivity contribution < 1.29 is 13.9 Å². The van der Waals surface area contributed by atoms with E-state index in [9.17, 15) is 9.18 Å². The molecule has 1 N–H and O–H groups in total. The highest BCUT2D eigenvalue weighted by molar-refractivity contribution is 5.68. The first-order chi connectivity index (χ1) is 6.78. The van der Waals surface area contributed by atoms with Crippen molar-refractivity contribution in [1.82, 2.24) is 5.32 Å². The smallest absolute Gasteiger partial charge is 0.407 e. The second kappa shape index (κ2) is 4.37. The van der Waals surface area contributed by atoms with E-state index < -0.39 is 17.9 Å². The molecule has 0 bridgehead atoms. The molecule has 0 radical (unpaired) electrons. The first-order valence-corrected chi connectivity index (χ1v) is 5.41. The Kier molecular flexibility index (Phi) is 3.58. The molecular weight excluding hydrogens is 197 g/mol. The summed E-state index contributed by atoms with van der Waals surface area (Å²) in [5.41, 5.74) is -0.497. The molecule has 0 aliphatic heterocycles. The summed E-state index contributed by atoms with van der Waals surface area (Å²) >= 11 is 0.